The first kappa shape index (κ1) is 18.1. The zero-order valence-corrected chi connectivity index (χ0v) is 17.4. The van der Waals surface area contributed by atoms with E-state index < -0.39 is 9.84 Å². The van der Waals surface area contributed by atoms with Gasteiger partial charge in [0.15, 0.2) is 0 Å². The molecular weight excluding hydrogens is 400 g/mol. The molecule has 0 aliphatic carbocycles. The molecule has 1 heterocycles. The fraction of sp³-hybridized carbons (Fsp3) is 0. The van der Waals surface area contributed by atoms with Gasteiger partial charge in [-0.2, -0.15) is 0 Å². The number of benzene rings is 5. The van der Waals surface area contributed by atoms with Crippen LogP contribution in [0.15, 0.2) is 119 Å². The van der Waals surface area contributed by atoms with Crippen molar-refractivity contribution >= 4 is 20.6 Å². The maximum absolute atomic E-state index is 13.5. The summed E-state index contributed by atoms with van der Waals surface area (Å²) in [5.74, 6) is 0. The van der Waals surface area contributed by atoms with Gasteiger partial charge in [0.25, 0.3) is 0 Å². The van der Waals surface area contributed by atoms with Crippen LogP contribution in [0.1, 0.15) is 0 Å². The molecule has 5 aromatic carbocycles. The Hall–Kier alpha value is -3.69. The number of hydrogen-bond acceptors (Lipinski definition) is 2. The molecule has 148 valence electrons. The van der Waals surface area contributed by atoms with Crippen LogP contribution in [-0.2, 0) is 9.84 Å². The predicted octanol–water partition coefficient (Wildman–Crippen LogP) is 6.99. The van der Waals surface area contributed by atoms with Crippen LogP contribution in [-0.4, -0.2) is 8.42 Å². The van der Waals surface area contributed by atoms with Gasteiger partial charge in [-0.15, -0.1) is 0 Å². The number of fused-ring (bicyclic) bond motifs is 2. The summed E-state index contributed by atoms with van der Waals surface area (Å²) in [5.41, 5.74) is 5.93. The topological polar surface area (TPSA) is 34.1 Å². The van der Waals surface area contributed by atoms with E-state index in [4.69, 9.17) is 0 Å². The van der Waals surface area contributed by atoms with Gasteiger partial charge in [0.05, 0.1) is 9.79 Å². The molecule has 1 aliphatic heterocycles. The molecule has 0 N–H and O–H groups in total. The van der Waals surface area contributed by atoms with Gasteiger partial charge in [0.1, 0.15) is 0 Å². The molecule has 0 saturated heterocycles. The first-order valence-electron chi connectivity index (χ1n) is 10.2. The summed E-state index contributed by atoms with van der Waals surface area (Å²) in [6.45, 7) is 0. The van der Waals surface area contributed by atoms with Gasteiger partial charge < -0.3 is 0 Å². The molecule has 5 aromatic rings. The monoisotopic (exact) mass is 418 g/mol. The van der Waals surface area contributed by atoms with E-state index in [0.29, 0.717) is 9.79 Å². The lowest BCUT2D eigenvalue weighted by Crippen LogP contribution is -2.10. The summed E-state index contributed by atoms with van der Waals surface area (Å²) in [7, 11) is -3.59. The van der Waals surface area contributed by atoms with E-state index in [-0.39, 0.29) is 0 Å². The highest BCUT2D eigenvalue weighted by molar-refractivity contribution is 7.92. The smallest absolute Gasteiger partial charge is 0.207 e. The average Bonchev–Trinajstić information content (AvgIpc) is 2.83. The summed E-state index contributed by atoms with van der Waals surface area (Å²) in [6.07, 6.45) is 0. The van der Waals surface area contributed by atoms with Crippen molar-refractivity contribution in [3.63, 3.8) is 0 Å². The van der Waals surface area contributed by atoms with Crippen molar-refractivity contribution in [2.24, 2.45) is 0 Å². The van der Waals surface area contributed by atoms with E-state index in [9.17, 15) is 8.42 Å². The lowest BCUT2D eigenvalue weighted by Gasteiger charge is -2.21. The zero-order valence-electron chi connectivity index (χ0n) is 16.6. The molecule has 0 unspecified atom stereocenters. The molecule has 2 nitrogen and oxygen atoms in total. The lowest BCUT2D eigenvalue weighted by atomic mass is 9.95. The van der Waals surface area contributed by atoms with Crippen LogP contribution in [0.25, 0.3) is 44.2 Å². The molecule has 3 heteroatoms. The van der Waals surface area contributed by atoms with Crippen LogP contribution >= 0.6 is 0 Å². The molecule has 0 radical (unpaired) electrons. The summed E-state index contributed by atoms with van der Waals surface area (Å²) in [4.78, 5) is 0.771. The van der Waals surface area contributed by atoms with Gasteiger partial charge >= 0.3 is 0 Å². The minimum Gasteiger partial charge on any atom is -0.218 e. The third-order valence-electron chi connectivity index (χ3n) is 6.04. The highest BCUT2D eigenvalue weighted by atomic mass is 32.2. The number of rotatable bonds is 2. The molecule has 0 aromatic heterocycles. The summed E-state index contributed by atoms with van der Waals surface area (Å²) >= 11 is 0. The SMILES string of the molecule is O=S1(=O)c2cc(-c3ccc(-c4ccccc4)cc3)ccc2-c2cccc3cccc1c23. The Balaban J connectivity index is 1.51. The normalized spacial score (nSPS) is 13.7. The van der Waals surface area contributed by atoms with Crippen molar-refractivity contribution < 1.29 is 8.42 Å². The van der Waals surface area contributed by atoms with Crippen LogP contribution in [0.3, 0.4) is 0 Å². The van der Waals surface area contributed by atoms with E-state index in [0.717, 1.165) is 44.2 Å². The van der Waals surface area contributed by atoms with Gasteiger partial charge in [-0.05, 0) is 45.3 Å². The van der Waals surface area contributed by atoms with Gasteiger partial charge in [0.2, 0.25) is 9.84 Å². The Labute approximate surface area is 181 Å². The summed E-state index contributed by atoms with van der Waals surface area (Å²) < 4.78 is 27.0. The third-order valence-corrected chi connectivity index (χ3v) is 7.88. The van der Waals surface area contributed by atoms with Crippen molar-refractivity contribution in [2.45, 2.75) is 9.79 Å². The standard InChI is InChI=1S/C28H18O2S/c29-31(30)26-11-5-9-22-8-4-10-25(28(22)26)24-17-16-23(18-27(24)31)21-14-12-20(13-15-21)19-6-2-1-3-7-19/h1-18H. The van der Waals surface area contributed by atoms with Gasteiger partial charge in [0, 0.05) is 10.9 Å². The zero-order chi connectivity index (χ0) is 21.0. The fourth-order valence-corrected chi connectivity index (χ4v) is 6.25. The van der Waals surface area contributed by atoms with Crippen LogP contribution in [0.5, 0.6) is 0 Å². The molecule has 6 rings (SSSR count). The Kier molecular flexibility index (Phi) is 3.89. The fourth-order valence-electron chi connectivity index (χ4n) is 4.51. The number of hydrogen-bond donors (Lipinski definition) is 0. The summed E-state index contributed by atoms with van der Waals surface area (Å²) in [6, 6.07) is 35.7. The van der Waals surface area contributed by atoms with Crippen LogP contribution in [0.2, 0.25) is 0 Å². The minimum absolute atomic E-state index is 0.378. The maximum atomic E-state index is 13.5. The maximum Gasteiger partial charge on any atom is 0.207 e. The van der Waals surface area contributed by atoms with Crippen molar-refractivity contribution in [3.8, 4) is 33.4 Å². The average molecular weight is 419 g/mol. The molecule has 31 heavy (non-hydrogen) atoms. The molecule has 0 spiro atoms. The minimum atomic E-state index is -3.59. The van der Waals surface area contributed by atoms with E-state index >= 15 is 0 Å². The second kappa shape index (κ2) is 6.66. The quantitative estimate of drug-likeness (QED) is 0.304. The molecular formula is C28H18O2S. The highest BCUT2D eigenvalue weighted by Crippen LogP contribution is 2.45. The third kappa shape index (κ3) is 2.74. The van der Waals surface area contributed by atoms with Gasteiger partial charge in [-0.3, -0.25) is 0 Å². The molecule has 0 saturated carbocycles. The molecule has 0 atom stereocenters. The molecule has 1 aliphatic rings. The first-order valence-corrected chi connectivity index (χ1v) is 11.7. The van der Waals surface area contributed by atoms with E-state index in [1.54, 1.807) is 6.07 Å². The predicted molar refractivity (Wildman–Crippen MR) is 126 cm³/mol. The second-order valence-corrected chi connectivity index (χ2v) is 9.70. The van der Waals surface area contributed by atoms with Gasteiger partial charge in [-0.25, -0.2) is 8.42 Å². The molecule has 0 amide bonds. The Morgan fingerprint density at radius 1 is 0.452 bits per heavy atom. The Morgan fingerprint density at radius 3 is 1.81 bits per heavy atom. The van der Waals surface area contributed by atoms with Gasteiger partial charge in [-0.1, -0.05) is 97.1 Å². The van der Waals surface area contributed by atoms with Crippen molar-refractivity contribution in [2.75, 3.05) is 0 Å². The van der Waals surface area contributed by atoms with Crippen molar-refractivity contribution in [3.05, 3.63) is 109 Å². The number of sulfone groups is 1. The van der Waals surface area contributed by atoms with E-state index in [2.05, 4.69) is 24.3 Å². The van der Waals surface area contributed by atoms with E-state index in [1.807, 2.05) is 78.9 Å². The van der Waals surface area contributed by atoms with E-state index in [1.165, 1.54) is 0 Å². The van der Waals surface area contributed by atoms with Crippen LogP contribution in [0.4, 0.5) is 0 Å². The van der Waals surface area contributed by atoms with Crippen LogP contribution < -0.4 is 0 Å². The second-order valence-electron chi connectivity index (χ2n) is 7.82. The molecule has 0 fully saturated rings. The molecule has 0 bridgehead atoms. The Morgan fingerprint density at radius 2 is 1.06 bits per heavy atom. The largest absolute Gasteiger partial charge is 0.218 e. The summed E-state index contributed by atoms with van der Waals surface area (Å²) in [5, 5.41) is 1.77. The Bertz CT molecular complexity index is 1560. The lowest BCUT2D eigenvalue weighted by molar-refractivity contribution is 0.597. The first-order chi connectivity index (χ1) is 15.1. The van der Waals surface area contributed by atoms with Crippen molar-refractivity contribution in [1.82, 2.24) is 0 Å². The van der Waals surface area contributed by atoms with Crippen LogP contribution in [0, 0.1) is 0 Å². The highest BCUT2D eigenvalue weighted by Gasteiger charge is 2.30. The van der Waals surface area contributed by atoms with Crippen molar-refractivity contribution in [1.29, 1.82) is 0 Å².